The Hall–Kier alpha value is -7.35. The second-order valence-electron chi connectivity index (χ2n) is 16.3. The summed E-state index contributed by atoms with van der Waals surface area (Å²) in [6.07, 6.45) is 2.44. The number of nitrogens with one attached hydrogen (secondary N) is 2. The van der Waals surface area contributed by atoms with Crippen LogP contribution in [0.1, 0.15) is 76.1 Å². The van der Waals surface area contributed by atoms with Crippen molar-refractivity contribution in [2.24, 2.45) is 5.73 Å². The van der Waals surface area contributed by atoms with Gasteiger partial charge in [0.15, 0.2) is 23.0 Å². The molecule has 0 fully saturated rings. The van der Waals surface area contributed by atoms with Gasteiger partial charge in [-0.05, 0) is 91.8 Å². The minimum absolute atomic E-state index is 0.0637. The van der Waals surface area contributed by atoms with Gasteiger partial charge in [0.25, 0.3) is 0 Å². The zero-order valence-corrected chi connectivity index (χ0v) is 37.9. The molecule has 0 saturated heterocycles. The van der Waals surface area contributed by atoms with Crippen LogP contribution in [0.4, 0.5) is 14.5 Å². The number of aryl methyl sites for hydroxylation is 1. The third kappa shape index (κ3) is 10.4. The lowest BCUT2D eigenvalue weighted by atomic mass is 10.0. The second-order valence-corrected chi connectivity index (χ2v) is 18.4. The van der Waals surface area contributed by atoms with Gasteiger partial charge in [-0.1, -0.05) is 42.5 Å². The summed E-state index contributed by atoms with van der Waals surface area (Å²) in [6.45, 7) is 0.532. The zero-order valence-electron chi connectivity index (χ0n) is 37.0. The average molecular weight is 975 g/mol. The highest BCUT2D eigenvalue weighted by molar-refractivity contribution is 7.54. The summed E-state index contributed by atoms with van der Waals surface area (Å²) in [4.78, 5) is 79.6. The Morgan fingerprint density at radius 2 is 1.41 bits per heavy atom. The van der Waals surface area contributed by atoms with E-state index in [9.17, 15) is 33.3 Å². The minimum Gasteiger partial charge on any atom is -0.454 e. The predicted molar refractivity (Wildman–Crippen MR) is 237 cm³/mol. The lowest BCUT2D eigenvalue weighted by Gasteiger charge is -2.28. The molecular formula is C47H45F2N4O15P. The molecule has 8 rings (SSSR count). The first kappa shape index (κ1) is 48.1. The number of carbonyl (C=O) groups excluding carboxylic acids is 6. The van der Waals surface area contributed by atoms with Crippen LogP contribution in [0.15, 0.2) is 84.9 Å². The Morgan fingerprint density at radius 1 is 0.841 bits per heavy atom. The van der Waals surface area contributed by atoms with Crippen LogP contribution in [0.3, 0.4) is 0 Å². The summed E-state index contributed by atoms with van der Waals surface area (Å²) in [5.41, 5.74) is 2.64. The van der Waals surface area contributed by atoms with Gasteiger partial charge >= 0.3 is 25.2 Å². The van der Waals surface area contributed by atoms with Gasteiger partial charge in [0.05, 0.1) is 16.8 Å². The number of para-hydroxylation sites is 1. The van der Waals surface area contributed by atoms with E-state index in [1.54, 1.807) is 6.92 Å². The van der Waals surface area contributed by atoms with Gasteiger partial charge in [0, 0.05) is 30.5 Å². The predicted octanol–water partition coefficient (Wildman–Crippen LogP) is 5.61. The van der Waals surface area contributed by atoms with E-state index in [2.05, 4.69) is 10.6 Å². The smallest absolute Gasteiger partial charge is 0.410 e. The van der Waals surface area contributed by atoms with Gasteiger partial charge in [0.2, 0.25) is 50.8 Å². The number of allylic oxidation sites excluding steroid dienone is 1. The molecule has 0 radical (unpaired) electrons. The van der Waals surface area contributed by atoms with E-state index in [0.717, 1.165) is 23.3 Å². The van der Waals surface area contributed by atoms with Crippen molar-refractivity contribution in [2.75, 3.05) is 32.1 Å². The van der Waals surface area contributed by atoms with E-state index in [1.807, 2.05) is 18.2 Å². The van der Waals surface area contributed by atoms with E-state index in [-0.39, 0.29) is 61.0 Å². The van der Waals surface area contributed by atoms with Gasteiger partial charge in [-0.25, -0.2) is 9.59 Å². The number of primary amides is 1. The highest BCUT2D eigenvalue weighted by atomic mass is 31.2. The average Bonchev–Trinajstić information content (AvgIpc) is 4.09. The van der Waals surface area contributed by atoms with Crippen LogP contribution in [0.25, 0.3) is 5.57 Å². The van der Waals surface area contributed by atoms with Crippen LogP contribution in [-0.2, 0) is 60.8 Å². The SMILES string of the molecule is C/C(=C\C(=O)NC1CCc2cccc3c2N(C1=O)C(C(=O)NC(C)CCC(N)=O)C3)c1ccc(C(F)(F)P(=O)(OCOC(=O)c2ccc3c(c2)OCO3)OCOC(=O)c2ccc3c(c2)OCO3)cc1. The Bertz CT molecular complexity index is 2710. The fourth-order valence-corrected chi connectivity index (χ4v) is 9.29. The number of alkyl halides is 2. The number of amides is 4. The molecule has 4 aromatic rings. The quantitative estimate of drug-likeness (QED) is 0.0475. The molecule has 4 heterocycles. The van der Waals surface area contributed by atoms with Crippen molar-refractivity contribution in [3.8, 4) is 23.0 Å². The fraction of sp³-hybridized carbons (Fsp3) is 0.319. The van der Waals surface area contributed by atoms with Crippen LogP contribution in [0.5, 0.6) is 23.0 Å². The van der Waals surface area contributed by atoms with E-state index in [0.29, 0.717) is 35.6 Å². The van der Waals surface area contributed by atoms with Crippen molar-refractivity contribution in [3.05, 3.63) is 118 Å². The molecule has 0 bridgehead atoms. The van der Waals surface area contributed by atoms with Crippen molar-refractivity contribution >= 4 is 54.4 Å². The number of hydrogen-bond acceptors (Lipinski definition) is 15. The normalized spacial score (nSPS) is 17.4. The standard InChI is InChI=1S/C47H45F2N4O15P/c1-26(18-41(55)52-34-14-9-29-4-3-5-30-19-35(53(42(29)30)44(34)57)43(56)51-27(2)6-17-40(50)54)28-7-12-33(13-8-28)47(48,49)69(60,67-24-65-45(58)31-10-15-36-38(20-31)63-22-61-36)68-25-66-46(59)32-11-16-37-39(21-32)64-23-62-37/h3-5,7-8,10-13,15-16,18,20-21,27,34-35H,6,9,14,17,19,22-25H2,1-2H3,(H2,50,54)(H,51,56)(H,52,55)/b26-18+. The van der Waals surface area contributed by atoms with Gasteiger partial charge in [0.1, 0.15) is 12.1 Å². The van der Waals surface area contributed by atoms with Crippen LogP contribution in [-0.4, -0.2) is 80.9 Å². The van der Waals surface area contributed by atoms with E-state index in [4.69, 9.17) is 43.2 Å². The van der Waals surface area contributed by atoms with Gasteiger partial charge in [-0.3, -0.25) is 37.7 Å². The molecule has 69 heavy (non-hydrogen) atoms. The van der Waals surface area contributed by atoms with Gasteiger partial charge in [-0.2, -0.15) is 8.78 Å². The zero-order chi connectivity index (χ0) is 49.0. The summed E-state index contributed by atoms with van der Waals surface area (Å²) in [5.74, 6) is -3.00. The Labute approximate surface area is 392 Å². The number of ether oxygens (including phenoxy) is 6. The maximum Gasteiger partial charge on any atom is 0.410 e. The molecular weight excluding hydrogens is 929 g/mol. The molecule has 3 unspecified atom stereocenters. The Balaban J connectivity index is 0.943. The fourth-order valence-electron chi connectivity index (χ4n) is 8.04. The van der Waals surface area contributed by atoms with Crippen LogP contribution < -0.4 is 40.2 Å². The summed E-state index contributed by atoms with van der Waals surface area (Å²) in [7, 11) is -5.74. The van der Waals surface area contributed by atoms with Crippen molar-refractivity contribution in [3.63, 3.8) is 0 Å². The number of benzene rings is 4. The molecule has 22 heteroatoms. The molecule has 4 aliphatic rings. The number of anilines is 1. The molecule has 4 N–H and O–H groups in total. The maximum absolute atomic E-state index is 16.4. The first-order valence-corrected chi connectivity index (χ1v) is 23.1. The summed E-state index contributed by atoms with van der Waals surface area (Å²) in [6, 6.07) is 15.6. The molecule has 0 aromatic heterocycles. The molecule has 4 aromatic carbocycles. The van der Waals surface area contributed by atoms with Gasteiger partial charge in [-0.15, -0.1) is 0 Å². The molecule has 3 atom stereocenters. The summed E-state index contributed by atoms with van der Waals surface area (Å²) >= 11 is 0. The number of esters is 2. The third-order valence-electron chi connectivity index (χ3n) is 11.7. The number of hydrogen-bond donors (Lipinski definition) is 3. The maximum atomic E-state index is 16.4. The first-order chi connectivity index (χ1) is 33.0. The highest BCUT2D eigenvalue weighted by Gasteiger charge is 2.56. The Morgan fingerprint density at radius 3 is 2.00 bits per heavy atom. The van der Waals surface area contributed by atoms with Crippen molar-refractivity contribution in [2.45, 2.75) is 69.7 Å². The summed E-state index contributed by atoms with van der Waals surface area (Å²) in [5, 5.41) is 5.61. The minimum atomic E-state index is -5.74. The highest BCUT2D eigenvalue weighted by Crippen LogP contribution is 2.67. The van der Waals surface area contributed by atoms with E-state index >= 15 is 8.78 Å². The van der Waals surface area contributed by atoms with Gasteiger partial charge < -0.3 is 44.8 Å². The molecule has 4 aliphatic heterocycles. The molecule has 4 amide bonds. The largest absolute Gasteiger partial charge is 0.454 e. The molecule has 0 saturated carbocycles. The summed E-state index contributed by atoms with van der Waals surface area (Å²) < 4.78 is 87.9. The number of nitrogens with two attached hydrogens (primary N) is 1. The molecule has 0 spiro atoms. The Kier molecular flexibility index (Phi) is 14.0. The number of halogens is 2. The van der Waals surface area contributed by atoms with Crippen LogP contribution >= 0.6 is 7.60 Å². The molecule has 362 valence electrons. The van der Waals surface area contributed by atoms with Crippen LogP contribution in [0.2, 0.25) is 0 Å². The van der Waals surface area contributed by atoms with Crippen molar-refractivity contribution in [1.82, 2.24) is 10.6 Å². The number of nitrogens with zero attached hydrogens (tertiary/aromatic N) is 1. The van der Waals surface area contributed by atoms with Crippen LogP contribution in [0, 0.1) is 0 Å². The van der Waals surface area contributed by atoms with Crippen molar-refractivity contribution < 1.29 is 79.6 Å². The lowest BCUT2D eigenvalue weighted by molar-refractivity contribution is -0.128. The lowest BCUT2D eigenvalue weighted by Crippen LogP contribution is -2.55. The monoisotopic (exact) mass is 974 g/mol. The molecule has 0 aliphatic carbocycles. The van der Waals surface area contributed by atoms with E-state index < -0.39 is 86.1 Å². The number of fused-ring (bicyclic) bond motifs is 2. The van der Waals surface area contributed by atoms with Crippen molar-refractivity contribution in [1.29, 1.82) is 0 Å². The topological polar surface area (TPSA) is 247 Å². The first-order valence-electron chi connectivity index (χ1n) is 21.5. The van der Waals surface area contributed by atoms with E-state index in [1.165, 1.54) is 66.4 Å². The third-order valence-corrected chi connectivity index (χ3v) is 13.5. The second kappa shape index (κ2) is 20.1. The molecule has 19 nitrogen and oxygen atoms in total. The number of carbonyl (C=O) groups is 6. The number of rotatable bonds is 18.